The maximum atomic E-state index is 13.4. The van der Waals surface area contributed by atoms with Gasteiger partial charge in [0.1, 0.15) is 17.2 Å². The Kier molecular flexibility index (Phi) is 4.06. The van der Waals surface area contributed by atoms with Crippen molar-refractivity contribution in [2.75, 3.05) is 11.1 Å². The van der Waals surface area contributed by atoms with E-state index in [9.17, 15) is 13.6 Å². The summed E-state index contributed by atoms with van der Waals surface area (Å²) in [5.74, 6) is -1.82. The van der Waals surface area contributed by atoms with E-state index in [1.54, 1.807) is 12.1 Å². The average molecular weight is 320 g/mol. The van der Waals surface area contributed by atoms with Gasteiger partial charge in [0.05, 0.1) is 11.4 Å². The van der Waals surface area contributed by atoms with Crippen molar-refractivity contribution in [2.24, 2.45) is 0 Å². The van der Waals surface area contributed by atoms with Crippen molar-refractivity contribution in [3.05, 3.63) is 54.1 Å². The molecule has 0 aliphatic rings. The maximum absolute atomic E-state index is 13.4. The molecule has 0 aliphatic heterocycles. The highest BCUT2D eigenvalue weighted by molar-refractivity contribution is 7.99. The Balaban J connectivity index is 1.63. The van der Waals surface area contributed by atoms with Gasteiger partial charge in [-0.1, -0.05) is 23.9 Å². The second-order valence-electron chi connectivity index (χ2n) is 4.41. The SMILES string of the molecule is O=C(CSc1nc2ccccc2o1)Nc1cc(F)ccc1F. The van der Waals surface area contributed by atoms with Gasteiger partial charge in [-0.2, -0.15) is 0 Å². The number of nitrogens with one attached hydrogen (secondary N) is 1. The first-order chi connectivity index (χ1) is 10.6. The zero-order valence-corrected chi connectivity index (χ0v) is 12.0. The van der Waals surface area contributed by atoms with Gasteiger partial charge >= 0.3 is 0 Å². The highest BCUT2D eigenvalue weighted by Crippen LogP contribution is 2.23. The van der Waals surface area contributed by atoms with Crippen molar-refractivity contribution in [3.8, 4) is 0 Å². The molecule has 0 unspecified atom stereocenters. The molecule has 1 amide bonds. The summed E-state index contributed by atoms with van der Waals surface area (Å²) in [5, 5.41) is 2.65. The van der Waals surface area contributed by atoms with E-state index in [0.29, 0.717) is 16.3 Å². The number of anilines is 1. The molecule has 2 aromatic carbocycles. The van der Waals surface area contributed by atoms with Gasteiger partial charge in [0.2, 0.25) is 5.91 Å². The number of oxazole rings is 1. The number of amides is 1. The fourth-order valence-corrected chi connectivity index (χ4v) is 2.46. The summed E-state index contributed by atoms with van der Waals surface area (Å²) in [4.78, 5) is 16.0. The minimum absolute atomic E-state index is 0.0250. The molecular formula is C15H10F2N2O2S. The molecule has 112 valence electrons. The molecule has 0 saturated heterocycles. The number of halogens is 2. The highest BCUT2D eigenvalue weighted by atomic mass is 32.2. The van der Waals surface area contributed by atoms with Crippen LogP contribution in [0.5, 0.6) is 0 Å². The predicted molar refractivity (Wildman–Crippen MR) is 79.7 cm³/mol. The van der Waals surface area contributed by atoms with Crippen LogP contribution < -0.4 is 5.32 Å². The highest BCUT2D eigenvalue weighted by Gasteiger charge is 2.11. The Morgan fingerprint density at radius 3 is 2.86 bits per heavy atom. The van der Waals surface area contributed by atoms with Gasteiger partial charge in [-0.25, -0.2) is 13.8 Å². The van der Waals surface area contributed by atoms with Gasteiger partial charge in [-0.15, -0.1) is 0 Å². The van der Waals surface area contributed by atoms with Crippen LogP contribution >= 0.6 is 11.8 Å². The maximum Gasteiger partial charge on any atom is 0.257 e. The Bertz CT molecular complexity index is 802. The third-order valence-electron chi connectivity index (χ3n) is 2.80. The minimum atomic E-state index is -0.693. The third kappa shape index (κ3) is 3.25. The fourth-order valence-electron chi connectivity index (χ4n) is 1.82. The molecule has 0 fully saturated rings. The lowest BCUT2D eigenvalue weighted by Gasteiger charge is -2.05. The summed E-state index contributed by atoms with van der Waals surface area (Å²) in [5.41, 5.74) is 1.13. The van der Waals surface area contributed by atoms with E-state index in [1.807, 2.05) is 12.1 Å². The van der Waals surface area contributed by atoms with Crippen molar-refractivity contribution < 1.29 is 18.0 Å². The molecule has 4 nitrogen and oxygen atoms in total. The van der Waals surface area contributed by atoms with Crippen molar-refractivity contribution in [3.63, 3.8) is 0 Å². The lowest BCUT2D eigenvalue weighted by atomic mass is 10.3. The van der Waals surface area contributed by atoms with E-state index < -0.39 is 17.5 Å². The van der Waals surface area contributed by atoms with Gasteiger partial charge in [0, 0.05) is 6.07 Å². The van der Waals surface area contributed by atoms with Crippen LogP contribution in [0.2, 0.25) is 0 Å². The molecule has 22 heavy (non-hydrogen) atoms. The van der Waals surface area contributed by atoms with E-state index in [0.717, 1.165) is 30.0 Å². The number of hydrogen-bond acceptors (Lipinski definition) is 4. The number of benzene rings is 2. The normalized spacial score (nSPS) is 10.8. The van der Waals surface area contributed by atoms with Crippen LogP contribution in [0.4, 0.5) is 14.5 Å². The van der Waals surface area contributed by atoms with Gasteiger partial charge in [0.25, 0.3) is 5.22 Å². The number of carbonyl (C=O) groups is 1. The summed E-state index contributed by atoms with van der Waals surface area (Å²) in [7, 11) is 0. The van der Waals surface area contributed by atoms with Crippen LogP contribution in [0.15, 0.2) is 52.1 Å². The Morgan fingerprint density at radius 1 is 1.23 bits per heavy atom. The summed E-state index contributed by atoms with van der Waals surface area (Å²) in [6.07, 6.45) is 0. The summed E-state index contributed by atoms with van der Waals surface area (Å²) < 4.78 is 31.9. The fraction of sp³-hybridized carbons (Fsp3) is 0.0667. The van der Waals surface area contributed by atoms with E-state index in [-0.39, 0.29) is 11.4 Å². The zero-order valence-electron chi connectivity index (χ0n) is 11.2. The lowest BCUT2D eigenvalue weighted by Crippen LogP contribution is -2.15. The number of aromatic nitrogens is 1. The first-order valence-corrected chi connectivity index (χ1v) is 7.33. The van der Waals surface area contributed by atoms with Crippen LogP contribution in [-0.4, -0.2) is 16.6 Å². The van der Waals surface area contributed by atoms with Crippen LogP contribution in [0, 0.1) is 11.6 Å². The van der Waals surface area contributed by atoms with Gasteiger partial charge < -0.3 is 9.73 Å². The Labute approximate surface area is 128 Å². The molecule has 3 aromatic rings. The minimum Gasteiger partial charge on any atom is -0.431 e. The molecule has 7 heteroatoms. The van der Waals surface area contributed by atoms with Gasteiger partial charge in [-0.05, 0) is 24.3 Å². The van der Waals surface area contributed by atoms with E-state index in [2.05, 4.69) is 10.3 Å². The third-order valence-corrected chi connectivity index (χ3v) is 3.63. The smallest absolute Gasteiger partial charge is 0.257 e. The van der Waals surface area contributed by atoms with E-state index >= 15 is 0 Å². The molecule has 0 bridgehead atoms. The topological polar surface area (TPSA) is 55.1 Å². The molecule has 0 spiro atoms. The first kappa shape index (κ1) is 14.5. The second kappa shape index (κ2) is 6.15. The van der Waals surface area contributed by atoms with E-state index in [1.165, 1.54) is 0 Å². The molecule has 3 rings (SSSR count). The molecule has 1 heterocycles. The lowest BCUT2D eigenvalue weighted by molar-refractivity contribution is -0.113. The molecule has 0 aliphatic carbocycles. The molecule has 0 atom stereocenters. The van der Waals surface area contributed by atoms with Gasteiger partial charge in [0.15, 0.2) is 5.58 Å². The monoisotopic (exact) mass is 320 g/mol. The largest absolute Gasteiger partial charge is 0.431 e. The number of rotatable bonds is 4. The molecular weight excluding hydrogens is 310 g/mol. The van der Waals surface area contributed by atoms with Crippen molar-refractivity contribution in [2.45, 2.75) is 5.22 Å². The second-order valence-corrected chi connectivity index (χ2v) is 5.34. The van der Waals surface area contributed by atoms with Crippen molar-refractivity contribution in [1.82, 2.24) is 4.98 Å². The van der Waals surface area contributed by atoms with Crippen LogP contribution in [0.1, 0.15) is 0 Å². The quantitative estimate of drug-likeness (QED) is 0.742. The van der Waals surface area contributed by atoms with Crippen molar-refractivity contribution in [1.29, 1.82) is 0 Å². The van der Waals surface area contributed by atoms with E-state index in [4.69, 9.17) is 4.42 Å². The summed E-state index contributed by atoms with van der Waals surface area (Å²) in [6, 6.07) is 10.1. The van der Waals surface area contributed by atoms with Crippen molar-refractivity contribution >= 4 is 34.5 Å². The molecule has 1 N–H and O–H groups in total. The Morgan fingerprint density at radius 2 is 2.05 bits per heavy atom. The predicted octanol–water partition coefficient (Wildman–Crippen LogP) is 3.84. The zero-order chi connectivity index (χ0) is 15.5. The number of fused-ring (bicyclic) bond motifs is 1. The number of hydrogen-bond donors (Lipinski definition) is 1. The summed E-state index contributed by atoms with van der Waals surface area (Å²) in [6.45, 7) is 0. The van der Waals surface area contributed by atoms with Crippen LogP contribution in [0.3, 0.4) is 0 Å². The van der Waals surface area contributed by atoms with Gasteiger partial charge in [-0.3, -0.25) is 4.79 Å². The molecule has 1 aromatic heterocycles. The number of thioether (sulfide) groups is 1. The number of nitrogens with zero attached hydrogens (tertiary/aromatic N) is 1. The standard InChI is InChI=1S/C15H10F2N2O2S/c16-9-5-6-10(17)12(7-9)18-14(20)8-22-15-19-11-3-1-2-4-13(11)21-15/h1-7H,8H2,(H,18,20). The molecule has 0 saturated carbocycles. The number of para-hydroxylation sites is 2. The number of carbonyl (C=O) groups excluding carboxylic acids is 1. The van der Waals surface area contributed by atoms with Crippen LogP contribution in [0.25, 0.3) is 11.1 Å². The summed E-state index contributed by atoms with van der Waals surface area (Å²) >= 11 is 1.08. The first-order valence-electron chi connectivity index (χ1n) is 6.35. The molecule has 0 radical (unpaired) electrons. The Hall–Kier alpha value is -2.41. The van der Waals surface area contributed by atoms with Crippen LogP contribution in [-0.2, 0) is 4.79 Å². The average Bonchev–Trinajstić information content (AvgIpc) is 2.92.